The highest BCUT2D eigenvalue weighted by atomic mass is 32.2. The Morgan fingerprint density at radius 2 is 2.06 bits per heavy atom. The quantitative estimate of drug-likeness (QED) is 0.470. The molecule has 0 amide bonds. The summed E-state index contributed by atoms with van der Waals surface area (Å²) in [4.78, 5) is 11.4. The summed E-state index contributed by atoms with van der Waals surface area (Å²) in [5, 5.41) is 0. The average molecular weight is 256 g/mol. The molecule has 0 saturated carbocycles. The monoisotopic (exact) mass is 256 g/mol. The molecule has 3 nitrogen and oxygen atoms in total. The number of hydrogen-bond donors (Lipinski definition) is 0. The molecule has 0 aliphatic carbocycles. The van der Waals surface area contributed by atoms with Crippen LogP contribution >= 0.6 is 24.0 Å². The standard InChI is InChI=1S/C11H12O3S2/c1-2-13-11(15)16-8-10(12)14-9-6-4-3-5-7-9/h3-7H,2,8H2,1H3. The van der Waals surface area contributed by atoms with E-state index in [9.17, 15) is 4.79 Å². The van der Waals surface area contributed by atoms with Crippen LogP contribution in [0.1, 0.15) is 6.92 Å². The molecule has 0 radical (unpaired) electrons. The Morgan fingerprint density at radius 3 is 2.69 bits per heavy atom. The Morgan fingerprint density at radius 1 is 1.38 bits per heavy atom. The number of carbonyl (C=O) groups is 1. The third-order valence-electron chi connectivity index (χ3n) is 1.54. The fourth-order valence-electron chi connectivity index (χ4n) is 0.927. The third-order valence-corrected chi connectivity index (χ3v) is 2.75. The van der Waals surface area contributed by atoms with Gasteiger partial charge in [-0.2, -0.15) is 0 Å². The van der Waals surface area contributed by atoms with Crippen molar-refractivity contribution in [1.29, 1.82) is 0 Å². The summed E-state index contributed by atoms with van der Waals surface area (Å²) >= 11 is 6.03. The van der Waals surface area contributed by atoms with Crippen LogP contribution in [0.2, 0.25) is 0 Å². The van der Waals surface area contributed by atoms with Crippen molar-refractivity contribution in [2.24, 2.45) is 0 Å². The molecular weight excluding hydrogens is 244 g/mol. The topological polar surface area (TPSA) is 35.5 Å². The van der Waals surface area contributed by atoms with Crippen LogP contribution in [0.15, 0.2) is 30.3 Å². The Kier molecular flexibility index (Phi) is 5.88. The van der Waals surface area contributed by atoms with E-state index in [-0.39, 0.29) is 11.7 Å². The van der Waals surface area contributed by atoms with Crippen molar-refractivity contribution in [1.82, 2.24) is 0 Å². The second-order valence-electron chi connectivity index (χ2n) is 2.76. The first-order valence-electron chi connectivity index (χ1n) is 4.77. The van der Waals surface area contributed by atoms with Crippen molar-refractivity contribution < 1.29 is 14.3 Å². The number of thiocarbonyl (C=S) groups is 1. The lowest BCUT2D eigenvalue weighted by Gasteiger charge is -2.04. The molecule has 0 heterocycles. The number of rotatable bonds is 4. The molecule has 5 heteroatoms. The van der Waals surface area contributed by atoms with E-state index >= 15 is 0 Å². The van der Waals surface area contributed by atoms with Gasteiger partial charge in [-0.15, -0.1) is 0 Å². The van der Waals surface area contributed by atoms with Crippen LogP contribution in [-0.4, -0.2) is 22.7 Å². The van der Waals surface area contributed by atoms with Crippen LogP contribution in [0.25, 0.3) is 0 Å². The van der Waals surface area contributed by atoms with Gasteiger partial charge in [0.25, 0.3) is 0 Å². The van der Waals surface area contributed by atoms with Crippen LogP contribution in [-0.2, 0) is 9.53 Å². The van der Waals surface area contributed by atoms with Crippen LogP contribution in [0.3, 0.4) is 0 Å². The van der Waals surface area contributed by atoms with Crippen molar-refractivity contribution in [3.8, 4) is 5.75 Å². The van der Waals surface area contributed by atoms with E-state index in [0.717, 1.165) is 11.8 Å². The molecule has 1 rings (SSSR count). The van der Waals surface area contributed by atoms with Crippen LogP contribution in [0.5, 0.6) is 5.75 Å². The summed E-state index contributed by atoms with van der Waals surface area (Å²) < 4.78 is 10.5. The molecular formula is C11H12O3S2. The number of carbonyl (C=O) groups excluding carboxylic acids is 1. The van der Waals surface area contributed by atoms with Gasteiger partial charge in [0.1, 0.15) is 11.5 Å². The summed E-state index contributed by atoms with van der Waals surface area (Å²) in [6.07, 6.45) is 0. The number of hydrogen-bond acceptors (Lipinski definition) is 5. The normalized spacial score (nSPS) is 9.56. The van der Waals surface area contributed by atoms with E-state index in [0.29, 0.717) is 16.7 Å². The Hall–Kier alpha value is -1.07. The van der Waals surface area contributed by atoms with Crippen molar-refractivity contribution in [2.45, 2.75) is 6.92 Å². The molecule has 0 N–H and O–H groups in total. The predicted molar refractivity (Wildman–Crippen MR) is 68.8 cm³/mol. The first kappa shape index (κ1) is 13.0. The second kappa shape index (κ2) is 7.24. The van der Waals surface area contributed by atoms with Crippen molar-refractivity contribution in [2.75, 3.05) is 12.4 Å². The maximum atomic E-state index is 11.4. The summed E-state index contributed by atoms with van der Waals surface area (Å²) in [5.41, 5.74) is 0. The fourth-order valence-corrected chi connectivity index (χ4v) is 1.72. The smallest absolute Gasteiger partial charge is 0.321 e. The number of esters is 1. The summed E-state index contributed by atoms with van der Waals surface area (Å²) in [6, 6.07) is 8.92. The molecule has 0 aliphatic rings. The third kappa shape index (κ3) is 5.14. The number of thioether (sulfide) groups is 1. The molecule has 0 bridgehead atoms. The van der Waals surface area contributed by atoms with E-state index in [1.807, 2.05) is 13.0 Å². The molecule has 0 aromatic heterocycles. The minimum atomic E-state index is -0.335. The van der Waals surface area contributed by atoms with E-state index in [4.69, 9.17) is 21.7 Å². The number of benzene rings is 1. The van der Waals surface area contributed by atoms with Crippen molar-refractivity contribution in [3.05, 3.63) is 30.3 Å². The number of ether oxygens (including phenoxy) is 2. The van der Waals surface area contributed by atoms with Gasteiger partial charge in [0.2, 0.25) is 4.38 Å². The molecule has 1 aromatic carbocycles. The zero-order chi connectivity index (χ0) is 11.8. The first-order chi connectivity index (χ1) is 7.72. The molecule has 0 aliphatic heterocycles. The average Bonchev–Trinajstić information content (AvgIpc) is 2.28. The molecule has 0 spiro atoms. The first-order valence-corrected chi connectivity index (χ1v) is 6.17. The molecule has 86 valence electrons. The summed E-state index contributed by atoms with van der Waals surface area (Å²) in [7, 11) is 0. The van der Waals surface area contributed by atoms with Gasteiger partial charge in [-0.05, 0) is 31.3 Å². The summed E-state index contributed by atoms with van der Waals surface area (Å²) in [6.45, 7) is 2.36. The van der Waals surface area contributed by atoms with Crippen molar-refractivity contribution in [3.63, 3.8) is 0 Å². The molecule has 0 fully saturated rings. The van der Waals surface area contributed by atoms with Crippen LogP contribution < -0.4 is 4.74 Å². The maximum Gasteiger partial charge on any atom is 0.321 e. The molecule has 0 atom stereocenters. The van der Waals surface area contributed by atoms with Crippen molar-refractivity contribution >= 4 is 34.3 Å². The van der Waals surface area contributed by atoms with Gasteiger partial charge < -0.3 is 9.47 Å². The molecule has 0 unspecified atom stereocenters. The lowest BCUT2D eigenvalue weighted by atomic mass is 10.3. The van der Waals surface area contributed by atoms with Gasteiger partial charge in [0, 0.05) is 0 Å². The SMILES string of the molecule is CCOC(=S)SCC(=O)Oc1ccccc1. The van der Waals surface area contributed by atoms with Gasteiger partial charge in [-0.25, -0.2) is 0 Å². The zero-order valence-electron chi connectivity index (χ0n) is 8.84. The molecule has 0 saturated heterocycles. The van der Waals surface area contributed by atoms with E-state index < -0.39 is 0 Å². The highest BCUT2D eigenvalue weighted by molar-refractivity contribution is 8.23. The van der Waals surface area contributed by atoms with Crippen LogP contribution in [0, 0.1) is 0 Å². The minimum Gasteiger partial charge on any atom is -0.479 e. The Bertz CT molecular complexity index is 352. The number of para-hydroxylation sites is 1. The Balaban J connectivity index is 2.29. The summed E-state index contributed by atoms with van der Waals surface area (Å²) in [5.74, 6) is 0.363. The second-order valence-corrected chi connectivity index (χ2v) is 4.34. The predicted octanol–water partition coefficient (Wildman–Crippen LogP) is 2.65. The van der Waals surface area contributed by atoms with Gasteiger partial charge in [-0.3, -0.25) is 4.79 Å². The van der Waals surface area contributed by atoms with Gasteiger partial charge in [-0.1, -0.05) is 30.0 Å². The van der Waals surface area contributed by atoms with E-state index in [1.165, 1.54) is 0 Å². The zero-order valence-corrected chi connectivity index (χ0v) is 10.5. The highest BCUT2D eigenvalue weighted by Crippen LogP contribution is 2.11. The van der Waals surface area contributed by atoms with E-state index in [2.05, 4.69) is 0 Å². The Labute approximate surface area is 104 Å². The lowest BCUT2D eigenvalue weighted by Crippen LogP contribution is -2.12. The molecule has 1 aromatic rings. The largest absolute Gasteiger partial charge is 0.479 e. The lowest BCUT2D eigenvalue weighted by molar-refractivity contribution is -0.131. The van der Waals surface area contributed by atoms with Gasteiger partial charge in [0.15, 0.2) is 0 Å². The van der Waals surface area contributed by atoms with Gasteiger partial charge in [0.05, 0.1) is 6.61 Å². The van der Waals surface area contributed by atoms with Gasteiger partial charge >= 0.3 is 5.97 Å². The van der Waals surface area contributed by atoms with E-state index in [1.54, 1.807) is 24.3 Å². The fraction of sp³-hybridized carbons (Fsp3) is 0.273. The molecule has 16 heavy (non-hydrogen) atoms. The minimum absolute atomic E-state index is 0.160. The highest BCUT2D eigenvalue weighted by Gasteiger charge is 2.07. The maximum absolute atomic E-state index is 11.4. The van der Waals surface area contributed by atoms with Crippen LogP contribution in [0.4, 0.5) is 0 Å².